The Morgan fingerprint density at radius 2 is 2.12 bits per heavy atom. The molecule has 3 rings (SSSR count). The largest absolute Gasteiger partial charge is 0.359 e. The van der Waals surface area contributed by atoms with E-state index in [9.17, 15) is 0 Å². The molecular formula is C13H16N2S. The minimum atomic E-state index is 0.654. The van der Waals surface area contributed by atoms with Crippen LogP contribution < -0.4 is 5.32 Å². The quantitative estimate of drug-likeness (QED) is 0.847. The molecule has 0 bridgehead atoms. The van der Waals surface area contributed by atoms with E-state index in [-0.39, 0.29) is 0 Å². The molecule has 1 aromatic carbocycles. The number of aromatic nitrogens is 1. The van der Waals surface area contributed by atoms with E-state index in [1.807, 2.05) is 0 Å². The second-order valence-corrected chi connectivity index (χ2v) is 5.65. The van der Waals surface area contributed by atoms with Crippen LogP contribution in [-0.2, 0) is 0 Å². The number of nitrogens with one attached hydrogen (secondary N) is 1. The zero-order chi connectivity index (χ0) is 11.0. The van der Waals surface area contributed by atoms with Gasteiger partial charge in [0.2, 0.25) is 0 Å². The van der Waals surface area contributed by atoms with E-state index in [2.05, 4.69) is 35.4 Å². The summed E-state index contributed by atoms with van der Waals surface area (Å²) in [5, 5.41) is 4.65. The van der Waals surface area contributed by atoms with Gasteiger partial charge in [0.05, 0.1) is 10.2 Å². The average molecular weight is 232 g/mol. The van der Waals surface area contributed by atoms with Crippen molar-refractivity contribution in [2.45, 2.75) is 38.6 Å². The van der Waals surface area contributed by atoms with Gasteiger partial charge in [0, 0.05) is 6.04 Å². The molecule has 1 aliphatic carbocycles. The smallest absolute Gasteiger partial charge is 0.184 e. The molecule has 0 atom stereocenters. The number of fused-ring (bicyclic) bond motifs is 1. The summed E-state index contributed by atoms with van der Waals surface area (Å²) in [6.45, 7) is 2.13. The Morgan fingerprint density at radius 1 is 1.31 bits per heavy atom. The number of thiazole rings is 1. The van der Waals surface area contributed by atoms with Gasteiger partial charge in [-0.1, -0.05) is 30.2 Å². The number of rotatable bonds is 2. The minimum absolute atomic E-state index is 0.654. The Labute approximate surface area is 99.7 Å². The molecule has 1 aliphatic rings. The average Bonchev–Trinajstić information content (AvgIpc) is 2.86. The van der Waals surface area contributed by atoms with Crippen molar-refractivity contribution in [3.05, 3.63) is 23.8 Å². The summed E-state index contributed by atoms with van der Waals surface area (Å²) in [6, 6.07) is 7.11. The van der Waals surface area contributed by atoms with Crippen molar-refractivity contribution < 1.29 is 0 Å². The lowest BCUT2D eigenvalue weighted by atomic mass is 10.2. The third kappa shape index (κ3) is 1.92. The summed E-state index contributed by atoms with van der Waals surface area (Å²) in [4.78, 5) is 4.62. The third-order valence-electron chi connectivity index (χ3n) is 3.23. The summed E-state index contributed by atoms with van der Waals surface area (Å²) in [6.07, 6.45) is 5.33. The zero-order valence-electron chi connectivity index (χ0n) is 9.49. The fraction of sp³-hybridized carbons (Fsp3) is 0.462. The first-order valence-electron chi connectivity index (χ1n) is 5.95. The number of hydrogen-bond donors (Lipinski definition) is 1. The first-order valence-corrected chi connectivity index (χ1v) is 6.77. The molecule has 0 radical (unpaired) electrons. The normalized spacial score (nSPS) is 17.1. The van der Waals surface area contributed by atoms with Crippen molar-refractivity contribution in [1.29, 1.82) is 0 Å². The third-order valence-corrected chi connectivity index (χ3v) is 4.18. The molecule has 1 fully saturated rings. The molecule has 2 nitrogen and oxygen atoms in total. The van der Waals surface area contributed by atoms with Crippen molar-refractivity contribution in [1.82, 2.24) is 4.98 Å². The highest BCUT2D eigenvalue weighted by atomic mass is 32.1. The van der Waals surface area contributed by atoms with Gasteiger partial charge in [-0.25, -0.2) is 4.98 Å². The standard InChI is InChI=1S/C13H16N2S/c1-9-6-7-11-12(8-9)16-13(15-11)14-10-4-2-3-5-10/h6-8,10H,2-5H2,1H3,(H,14,15). The molecule has 3 heteroatoms. The first kappa shape index (κ1) is 10.1. The van der Waals surface area contributed by atoms with Crippen LogP contribution in [0.15, 0.2) is 18.2 Å². The highest BCUT2D eigenvalue weighted by Gasteiger charge is 2.16. The molecule has 0 saturated heterocycles. The predicted octanol–water partition coefficient (Wildman–Crippen LogP) is 3.96. The number of aryl methyl sites for hydroxylation is 1. The summed E-state index contributed by atoms with van der Waals surface area (Å²) >= 11 is 1.78. The summed E-state index contributed by atoms with van der Waals surface area (Å²) in [5.41, 5.74) is 2.43. The summed E-state index contributed by atoms with van der Waals surface area (Å²) in [7, 11) is 0. The van der Waals surface area contributed by atoms with Crippen molar-refractivity contribution in [2.75, 3.05) is 5.32 Å². The van der Waals surface area contributed by atoms with Gasteiger partial charge in [0.25, 0.3) is 0 Å². The van der Waals surface area contributed by atoms with E-state index >= 15 is 0 Å². The van der Waals surface area contributed by atoms with Crippen molar-refractivity contribution in [2.24, 2.45) is 0 Å². The van der Waals surface area contributed by atoms with Gasteiger partial charge in [0.15, 0.2) is 5.13 Å². The lowest BCUT2D eigenvalue weighted by Crippen LogP contribution is -2.13. The maximum absolute atomic E-state index is 4.62. The van der Waals surface area contributed by atoms with Crippen LogP contribution in [0.25, 0.3) is 10.2 Å². The molecule has 2 aromatic rings. The summed E-state index contributed by atoms with van der Waals surface area (Å²) < 4.78 is 1.29. The molecular weight excluding hydrogens is 216 g/mol. The number of anilines is 1. The van der Waals surface area contributed by atoms with Crippen LogP contribution in [0.4, 0.5) is 5.13 Å². The van der Waals surface area contributed by atoms with Gasteiger partial charge in [-0.05, 0) is 37.5 Å². The second kappa shape index (κ2) is 4.06. The Kier molecular flexibility index (Phi) is 2.56. The van der Waals surface area contributed by atoms with Crippen molar-refractivity contribution in [3.63, 3.8) is 0 Å². The van der Waals surface area contributed by atoms with Gasteiger partial charge in [0.1, 0.15) is 0 Å². The second-order valence-electron chi connectivity index (χ2n) is 4.62. The Bertz CT molecular complexity index is 498. The molecule has 0 amide bonds. The molecule has 0 unspecified atom stereocenters. The Hall–Kier alpha value is -1.09. The lowest BCUT2D eigenvalue weighted by molar-refractivity contribution is 0.754. The van der Waals surface area contributed by atoms with Crippen LogP contribution in [0, 0.1) is 6.92 Å². The Balaban J connectivity index is 1.86. The SMILES string of the molecule is Cc1ccc2nc(NC3CCCC3)sc2c1. The van der Waals surface area contributed by atoms with Crippen molar-refractivity contribution >= 4 is 26.7 Å². The topological polar surface area (TPSA) is 24.9 Å². The monoisotopic (exact) mass is 232 g/mol. The Morgan fingerprint density at radius 3 is 2.94 bits per heavy atom. The maximum Gasteiger partial charge on any atom is 0.184 e. The summed E-state index contributed by atoms with van der Waals surface area (Å²) in [5.74, 6) is 0. The van der Waals surface area contributed by atoms with Gasteiger partial charge < -0.3 is 5.32 Å². The number of hydrogen-bond acceptors (Lipinski definition) is 3. The van der Waals surface area contributed by atoms with E-state index in [1.54, 1.807) is 11.3 Å². The van der Waals surface area contributed by atoms with Crippen LogP contribution in [0.3, 0.4) is 0 Å². The van der Waals surface area contributed by atoms with E-state index in [0.717, 1.165) is 10.6 Å². The first-order chi connectivity index (χ1) is 7.81. The zero-order valence-corrected chi connectivity index (χ0v) is 10.3. The van der Waals surface area contributed by atoms with Crippen LogP contribution in [0.1, 0.15) is 31.2 Å². The molecule has 1 heterocycles. The highest BCUT2D eigenvalue weighted by Crippen LogP contribution is 2.29. The van der Waals surface area contributed by atoms with Gasteiger partial charge in [-0.2, -0.15) is 0 Å². The number of benzene rings is 1. The van der Waals surface area contributed by atoms with E-state index in [1.165, 1.54) is 35.9 Å². The molecule has 16 heavy (non-hydrogen) atoms. The lowest BCUT2D eigenvalue weighted by Gasteiger charge is -2.09. The molecule has 0 aliphatic heterocycles. The van der Waals surface area contributed by atoms with E-state index in [4.69, 9.17) is 0 Å². The highest BCUT2D eigenvalue weighted by molar-refractivity contribution is 7.22. The molecule has 1 saturated carbocycles. The maximum atomic E-state index is 4.62. The van der Waals surface area contributed by atoms with Crippen LogP contribution in [0.2, 0.25) is 0 Å². The fourth-order valence-electron chi connectivity index (χ4n) is 2.34. The van der Waals surface area contributed by atoms with Gasteiger partial charge in [-0.15, -0.1) is 0 Å². The predicted molar refractivity (Wildman–Crippen MR) is 70.2 cm³/mol. The molecule has 1 N–H and O–H groups in total. The fourth-order valence-corrected chi connectivity index (χ4v) is 3.38. The van der Waals surface area contributed by atoms with Gasteiger partial charge in [-0.3, -0.25) is 0 Å². The van der Waals surface area contributed by atoms with Crippen LogP contribution >= 0.6 is 11.3 Å². The number of nitrogens with zero attached hydrogens (tertiary/aromatic N) is 1. The van der Waals surface area contributed by atoms with Crippen molar-refractivity contribution in [3.8, 4) is 0 Å². The van der Waals surface area contributed by atoms with E-state index in [0.29, 0.717) is 6.04 Å². The molecule has 84 valence electrons. The minimum Gasteiger partial charge on any atom is -0.359 e. The van der Waals surface area contributed by atoms with E-state index < -0.39 is 0 Å². The van der Waals surface area contributed by atoms with Crippen LogP contribution in [-0.4, -0.2) is 11.0 Å². The van der Waals surface area contributed by atoms with Gasteiger partial charge >= 0.3 is 0 Å². The molecule has 0 spiro atoms. The molecule has 1 aromatic heterocycles. The van der Waals surface area contributed by atoms with Crippen LogP contribution in [0.5, 0.6) is 0 Å².